The third kappa shape index (κ3) is 5.61. The minimum atomic E-state index is -0.529. The first-order valence-corrected chi connectivity index (χ1v) is 11.7. The van der Waals surface area contributed by atoms with Crippen LogP contribution in [-0.4, -0.2) is 29.2 Å². The van der Waals surface area contributed by atoms with Gasteiger partial charge in [-0.2, -0.15) is 0 Å². The van der Waals surface area contributed by atoms with E-state index >= 15 is 0 Å². The number of halogens is 1. The van der Waals surface area contributed by atoms with E-state index < -0.39 is 17.8 Å². The molecule has 1 heterocycles. The first kappa shape index (κ1) is 24.2. The van der Waals surface area contributed by atoms with Gasteiger partial charge in [-0.25, -0.2) is 4.79 Å². The number of nitrogens with one attached hydrogen (secondary N) is 1. The predicted octanol–water partition coefficient (Wildman–Crippen LogP) is 5.50. The Morgan fingerprint density at radius 3 is 2.20 bits per heavy atom. The molecule has 0 radical (unpaired) electrons. The Kier molecular flexibility index (Phi) is 7.32. The molecule has 2 amide bonds. The molecule has 0 aromatic heterocycles. The van der Waals surface area contributed by atoms with Crippen molar-refractivity contribution < 1.29 is 19.1 Å². The summed E-state index contributed by atoms with van der Waals surface area (Å²) in [7, 11) is 0. The fraction of sp³-hybridized carbons (Fsp3) is 0.179. The zero-order valence-electron chi connectivity index (χ0n) is 19.5. The summed E-state index contributed by atoms with van der Waals surface area (Å²) in [4.78, 5) is 39.0. The molecular weight excluding hydrogens is 464 g/mol. The fourth-order valence-electron chi connectivity index (χ4n) is 3.66. The summed E-state index contributed by atoms with van der Waals surface area (Å²) in [6.45, 7) is 4.42. The summed E-state index contributed by atoms with van der Waals surface area (Å²) in [6.07, 6.45) is 0.534. The molecule has 1 aliphatic heterocycles. The van der Waals surface area contributed by atoms with E-state index in [1.54, 1.807) is 36.4 Å². The molecule has 7 heteroatoms. The maximum Gasteiger partial charge on any atom is 0.343 e. The lowest BCUT2D eigenvalue weighted by Crippen LogP contribution is -2.34. The number of carbonyl (C=O) groups is 3. The van der Waals surface area contributed by atoms with E-state index in [1.807, 2.05) is 42.5 Å². The highest BCUT2D eigenvalue weighted by Crippen LogP contribution is 2.26. The van der Waals surface area contributed by atoms with Crippen LogP contribution < -0.4 is 10.1 Å². The van der Waals surface area contributed by atoms with Crippen molar-refractivity contribution in [3.8, 4) is 5.75 Å². The highest BCUT2D eigenvalue weighted by atomic mass is 35.5. The van der Waals surface area contributed by atoms with Gasteiger partial charge in [0.05, 0.1) is 5.56 Å². The molecule has 0 saturated carbocycles. The third-order valence-electron chi connectivity index (χ3n) is 5.73. The lowest BCUT2D eigenvalue weighted by Gasteiger charge is -2.15. The van der Waals surface area contributed by atoms with E-state index in [4.69, 9.17) is 16.3 Å². The first-order chi connectivity index (χ1) is 16.8. The molecule has 0 aliphatic carbocycles. The summed E-state index contributed by atoms with van der Waals surface area (Å²) in [5, 5.41) is 2.76. The van der Waals surface area contributed by atoms with Gasteiger partial charge in [0, 0.05) is 12.2 Å². The number of imide groups is 1. The molecule has 0 fully saturated rings. The van der Waals surface area contributed by atoms with Crippen LogP contribution in [0.3, 0.4) is 0 Å². The van der Waals surface area contributed by atoms with Crippen molar-refractivity contribution in [3.05, 3.63) is 106 Å². The van der Waals surface area contributed by atoms with Crippen LogP contribution in [-0.2, 0) is 16.0 Å². The molecule has 3 aromatic rings. The lowest BCUT2D eigenvalue weighted by molar-refractivity contribution is -0.137. The number of nitrogens with zero attached hydrogens (tertiary/aromatic N) is 1. The number of hydrogen-bond donors (Lipinski definition) is 1. The van der Waals surface area contributed by atoms with Gasteiger partial charge in [-0.15, -0.1) is 0 Å². The largest absolute Gasteiger partial charge is 0.423 e. The summed E-state index contributed by atoms with van der Waals surface area (Å²) >= 11 is 6.18. The second-order valence-electron chi connectivity index (χ2n) is 8.50. The number of benzene rings is 3. The molecule has 4 rings (SSSR count). The molecule has 3 aromatic carbocycles. The van der Waals surface area contributed by atoms with Crippen LogP contribution >= 0.6 is 11.6 Å². The van der Waals surface area contributed by atoms with Crippen molar-refractivity contribution in [2.24, 2.45) is 0 Å². The Morgan fingerprint density at radius 2 is 1.57 bits per heavy atom. The molecule has 0 atom stereocenters. The molecule has 35 heavy (non-hydrogen) atoms. The Hall–Kier alpha value is -3.90. The van der Waals surface area contributed by atoms with Gasteiger partial charge >= 0.3 is 5.97 Å². The van der Waals surface area contributed by atoms with Crippen LogP contribution in [0.1, 0.15) is 41.3 Å². The molecular formula is C28H25ClN2O4. The normalized spacial score (nSPS) is 13.5. The van der Waals surface area contributed by atoms with Crippen molar-refractivity contribution in [1.82, 2.24) is 4.90 Å². The summed E-state index contributed by atoms with van der Waals surface area (Å²) in [5.41, 5.74) is 3.06. The van der Waals surface area contributed by atoms with Gasteiger partial charge < -0.3 is 10.1 Å². The van der Waals surface area contributed by atoms with Crippen LogP contribution in [0, 0.1) is 0 Å². The van der Waals surface area contributed by atoms with Crippen LogP contribution in [0.4, 0.5) is 5.69 Å². The maximum atomic E-state index is 12.8. The predicted molar refractivity (Wildman–Crippen MR) is 135 cm³/mol. The van der Waals surface area contributed by atoms with Gasteiger partial charge in [0.25, 0.3) is 11.8 Å². The number of anilines is 1. The highest BCUT2D eigenvalue weighted by Gasteiger charge is 2.37. The number of rotatable bonds is 8. The monoisotopic (exact) mass is 488 g/mol. The third-order valence-corrected chi connectivity index (χ3v) is 6.08. The molecule has 0 saturated heterocycles. The average Bonchev–Trinajstić information content (AvgIpc) is 3.07. The Bertz CT molecular complexity index is 1270. The number of hydrogen-bond acceptors (Lipinski definition) is 5. The average molecular weight is 489 g/mol. The molecule has 6 nitrogen and oxygen atoms in total. The second-order valence-corrected chi connectivity index (χ2v) is 8.88. The van der Waals surface area contributed by atoms with Crippen molar-refractivity contribution in [3.63, 3.8) is 0 Å². The van der Waals surface area contributed by atoms with E-state index in [9.17, 15) is 14.4 Å². The van der Waals surface area contributed by atoms with E-state index in [2.05, 4.69) is 19.2 Å². The smallest absolute Gasteiger partial charge is 0.343 e. The molecule has 178 valence electrons. The minimum absolute atomic E-state index is 0.0188. The molecule has 0 spiro atoms. The van der Waals surface area contributed by atoms with Gasteiger partial charge in [0.1, 0.15) is 16.5 Å². The minimum Gasteiger partial charge on any atom is -0.423 e. The fourth-order valence-corrected chi connectivity index (χ4v) is 3.89. The lowest BCUT2D eigenvalue weighted by atomic mass is 10.0. The van der Waals surface area contributed by atoms with E-state index in [1.165, 1.54) is 0 Å². The van der Waals surface area contributed by atoms with Crippen LogP contribution in [0.15, 0.2) is 89.6 Å². The zero-order valence-corrected chi connectivity index (χ0v) is 20.2. The second kappa shape index (κ2) is 10.6. The molecule has 0 unspecified atom stereocenters. The Morgan fingerprint density at radius 1 is 0.914 bits per heavy atom. The van der Waals surface area contributed by atoms with Crippen molar-refractivity contribution in [1.29, 1.82) is 0 Å². The van der Waals surface area contributed by atoms with Crippen molar-refractivity contribution >= 4 is 35.1 Å². The summed E-state index contributed by atoms with van der Waals surface area (Å²) in [5.74, 6) is -0.654. The topological polar surface area (TPSA) is 75.7 Å². The van der Waals surface area contributed by atoms with Crippen molar-refractivity contribution in [2.75, 3.05) is 11.9 Å². The van der Waals surface area contributed by atoms with E-state index in [0.29, 0.717) is 29.3 Å². The van der Waals surface area contributed by atoms with Gasteiger partial charge in [0.15, 0.2) is 0 Å². The van der Waals surface area contributed by atoms with Crippen molar-refractivity contribution in [2.45, 2.75) is 26.2 Å². The number of esters is 1. The highest BCUT2D eigenvalue weighted by molar-refractivity contribution is 6.48. The van der Waals surface area contributed by atoms with Gasteiger partial charge in [-0.3, -0.25) is 14.5 Å². The van der Waals surface area contributed by atoms with Crippen LogP contribution in [0.5, 0.6) is 5.75 Å². The van der Waals surface area contributed by atoms with Gasteiger partial charge in [-0.1, -0.05) is 67.9 Å². The maximum absolute atomic E-state index is 12.8. The first-order valence-electron chi connectivity index (χ1n) is 11.3. The Balaban J connectivity index is 1.38. The zero-order chi connectivity index (χ0) is 24.9. The number of ether oxygens (including phenoxy) is 1. The quantitative estimate of drug-likeness (QED) is 0.257. The van der Waals surface area contributed by atoms with E-state index in [0.717, 1.165) is 16.0 Å². The van der Waals surface area contributed by atoms with Gasteiger partial charge in [-0.05, 0) is 59.9 Å². The van der Waals surface area contributed by atoms with Crippen LogP contribution in [0.25, 0.3) is 0 Å². The number of carbonyl (C=O) groups excluding carboxylic acids is 3. The summed E-state index contributed by atoms with van der Waals surface area (Å²) < 4.78 is 5.44. The molecule has 1 aliphatic rings. The SMILES string of the molecule is CC(C)c1ccc(OC(=O)c2ccc(NC3=C(Cl)C(=O)N(CCc4ccccc4)C3=O)cc2)cc1. The molecule has 1 N–H and O–H groups in total. The van der Waals surface area contributed by atoms with Gasteiger partial charge in [0.2, 0.25) is 0 Å². The Labute approximate surface area is 209 Å². The standard InChI is InChI=1S/C28H25ClN2O4/c1-18(2)20-10-14-23(15-11-20)35-28(34)21-8-12-22(13-9-21)30-25-24(29)26(32)31(27(25)33)17-16-19-6-4-3-5-7-19/h3-15,18,30H,16-17H2,1-2H3. The summed E-state index contributed by atoms with van der Waals surface area (Å²) in [6, 6.07) is 23.4. The van der Waals surface area contributed by atoms with E-state index in [-0.39, 0.29) is 17.3 Å². The number of amides is 2. The van der Waals surface area contributed by atoms with Crippen LogP contribution in [0.2, 0.25) is 0 Å². The molecule has 0 bridgehead atoms.